The van der Waals surface area contributed by atoms with Crippen molar-refractivity contribution < 1.29 is 23.7 Å². The molecule has 0 N–H and O–H groups in total. The zero-order valence-electron chi connectivity index (χ0n) is 22.4. The summed E-state index contributed by atoms with van der Waals surface area (Å²) < 4.78 is 19.8. The van der Waals surface area contributed by atoms with Crippen LogP contribution in [0.4, 0.5) is 0 Å². The Hall–Kier alpha value is -1.20. The molecule has 0 aliphatic carbocycles. The van der Waals surface area contributed by atoms with Crippen LogP contribution in [0.3, 0.4) is 0 Å². The molecule has 0 amide bonds. The molecule has 0 bridgehead atoms. The van der Waals surface area contributed by atoms with E-state index in [4.69, 9.17) is 25.6 Å². The number of carbonyl (C=O) groups excluding carboxylic acids is 1. The molecule has 1 unspecified atom stereocenters. The first-order valence-electron chi connectivity index (χ1n) is 13.9. The first kappa shape index (κ1) is 32.8. The van der Waals surface area contributed by atoms with Gasteiger partial charge in [-0.1, -0.05) is 119 Å². The van der Waals surface area contributed by atoms with Gasteiger partial charge in [0.05, 0.1) is 11.6 Å². The highest BCUT2D eigenvalue weighted by molar-refractivity contribution is 7.34. The number of halogens is 1. The summed E-state index contributed by atoms with van der Waals surface area (Å²) in [6.45, 7) is 5.35. The van der Waals surface area contributed by atoms with Gasteiger partial charge in [-0.3, -0.25) is 4.52 Å². The lowest BCUT2D eigenvalue weighted by atomic mass is 10.0. The SMILES string of the molecule is CCCCCCCCCCCCCCCCOCCCOC(=O)[C@H](C)N=[P+]([O-])Oc1ccccc1Cl. The smallest absolute Gasteiger partial charge is 0.395 e. The highest BCUT2D eigenvalue weighted by Crippen LogP contribution is 2.30. The fourth-order valence-corrected chi connectivity index (χ4v) is 4.75. The van der Waals surface area contributed by atoms with Crippen molar-refractivity contribution in [1.29, 1.82) is 0 Å². The van der Waals surface area contributed by atoms with Gasteiger partial charge in [0.2, 0.25) is 5.75 Å². The third-order valence-corrected chi connectivity index (χ3v) is 7.14. The number of hydrogen-bond acceptors (Lipinski definition) is 6. The van der Waals surface area contributed by atoms with E-state index in [0.29, 0.717) is 18.1 Å². The van der Waals surface area contributed by atoms with E-state index < -0.39 is 20.2 Å². The van der Waals surface area contributed by atoms with E-state index in [2.05, 4.69) is 11.7 Å². The Labute approximate surface area is 225 Å². The van der Waals surface area contributed by atoms with Crippen LogP contribution in [0, 0.1) is 0 Å². The topological polar surface area (TPSA) is 80.2 Å². The molecule has 8 heteroatoms. The van der Waals surface area contributed by atoms with Gasteiger partial charge in [-0.2, -0.15) is 0 Å². The molecule has 6 nitrogen and oxygen atoms in total. The van der Waals surface area contributed by atoms with Crippen LogP contribution in [0.5, 0.6) is 5.75 Å². The second-order valence-electron chi connectivity index (χ2n) is 9.28. The molecule has 1 aromatic carbocycles. The van der Waals surface area contributed by atoms with Gasteiger partial charge >= 0.3 is 14.1 Å². The average molecular weight is 544 g/mol. The molecule has 0 saturated heterocycles. The van der Waals surface area contributed by atoms with Crippen LogP contribution >= 0.6 is 19.8 Å². The summed E-state index contributed by atoms with van der Waals surface area (Å²) in [6, 6.07) is 5.78. The van der Waals surface area contributed by atoms with Crippen molar-refractivity contribution in [2.24, 2.45) is 4.74 Å². The molecule has 0 aromatic heterocycles. The van der Waals surface area contributed by atoms with Crippen molar-refractivity contribution in [1.82, 2.24) is 0 Å². The first-order chi connectivity index (χ1) is 17.5. The lowest BCUT2D eigenvalue weighted by Gasteiger charge is -2.08. The van der Waals surface area contributed by atoms with E-state index in [9.17, 15) is 9.69 Å². The van der Waals surface area contributed by atoms with Gasteiger partial charge in [0, 0.05) is 19.6 Å². The molecular formula is C28H47ClNO5P. The van der Waals surface area contributed by atoms with Gasteiger partial charge in [-0.05, 0) is 25.5 Å². The molecule has 0 aliphatic rings. The monoisotopic (exact) mass is 543 g/mol. The normalized spacial score (nSPS) is 12.5. The lowest BCUT2D eigenvalue weighted by molar-refractivity contribution is -0.169. The fraction of sp³-hybridized carbons (Fsp3) is 0.750. The summed E-state index contributed by atoms with van der Waals surface area (Å²) in [5.74, 6) is -0.270. The van der Waals surface area contributed by atoms with Crippen molar-refractivity contribution in [3.63, 3.8) is 0 Å². The van der Waals surface area contributed by atoms with Crippen LogP contribution < -0.4 is 9.42 Å². The van der Waals surface area contributed by atoms with E-state index in [0.717, 1.165) is 13.0 Å². The minimum Gasteiger partial charge on any atom is -0.575 e. The number of para-hydroxylation sites is 1. The molecule has 0 radical (unpaired) electrons. The van der Waals surface area contributed by atoms with Crippen LogP contribution in [-0.2, 0) is 14.3 Å². The summed E-state index contributed by atoms with van der Waals surface area (Å²) in [5, 5.41) is 0.334. The minimum atomic E-state index is -2.42. The van der Waals surface area contributed by atoms with Crippen LogP contribution in [0.15, 0.2) is 29.0 Å². The zero-order valence-corrected chi connectivity index (χ0v) is 24.1. The standard InChI is InChI=1S/C28H47ClNO5P/c1-3-4-5-6-7-8-9-10-11-12-13-14-15-18-22-33-23-19-24-34-28(31)25(2)30-36(32)35-27-21-17-16-20-26(27)29/h16-17,20-21,25H,3-15,18-19,22-24H2,1-2H3/t25-/m0/s1. The maximum atomic E-state index is 12.0. The van der Waals surface area contributed by atoms with E-state index >= 15 is 0 Å². The van der Waals surface area contributed by atoms with Crippen molar-refractivity contribution in [3.05, 3.63) is 29.3 Å². The number of carbonyl (C=O) groups is 1. The molecule has 36 heavy (non-hydrogen) atoms. The largest absolute Gasteiger partial charge is 0.575 e. The maximum absolute atomic E-state index is 12.0. The van der Waals surface area contributed by atoms with Crippen molar-refractivity contribution >= 4 is 25.7 Å². The van der Waals surface area contributed by atoms with E-state index in [1.54, 1.807) is 24.3 Å². The van der Waals surface area contributed by atoms with Gasteiger partial charge < -0.3 is 14.4 Å². The molecule has 0 heterocycles. The van der Waals surface area contributed by atoms with Gasteiger partial charge in [-0.15, -0.1) is 0 Å². The summed E-state index contributed by atoms with van der Waals surface area (Å²) >= 11 is 5.96. The number of rotatable bonds is 23. The van der Waals surface area contributed by atoms with Crippen LogP contribution in [-0.4, -0.2) is 31.8 Å². The van der Waals surface area contributed by atoms with Crippen molar-refractivity contribution in [2.75, 3.05) is 19.8 Å². The predicted octanol–water partition coefficient (Wildman–Crippen LogP) is 8.39. The van der Waals surface area contributed by atoms with Gasteiger partial charge in [0.1, 0.15) is 0 Å². The average Bonchev–Trinajstić information content (AvgIpc) is 2.86. The molecule has 0 fully saturated rings. The lowest BCUT2D eigenvalue weighted by Crippen LogP contribution is -2.19. The summed E-state index contributed by atoms with van der Waals surface area (Å²) in [4.78, 5) is 24.0. The zero-order chi connectivity index (χ0) is 26.3. The van der Waals surface area contributed by atoms with Crippen LogP contribution in [0.25, 0.3) is 0 Å². The third kappa shape index (κ3) is 18.1. The van der Waals surface area contributed by atoms with E-state index in [1.807, 2.05) is 0 Å². The quantitative estimate of drug-likeness (QED) is 0.0786. The number of ether oxygens (including phenoxy) is 2. The fourth-order valence-electron chi connectivity index (χ4n) is 3.77. The van der Waals surface area contributed by atoms with Crippen LogP contribution in [0.2, 0.25) is 5.02 Å². The molecule has 1 aromatic rings. The third-order valence-electron chi connectivity index (χ3n) is 5.94. The molecule has 2 atom stereocenters. The molecular weight excluding hydrogens is 497 g/mol. The van der Waals surface area contributed by atoms with Gasteiger partial charge in [-0.25, -0.2) is 4.79 Å². The van der Waals surface area contributed by atoms with Gasteiger partial charge in [0.15, 0.2) is 6.04 Å². The Morgan fingerprint density at radius 1 is 0.861 bits per heavy atom. The Bertz CT molecular complexity index is 719. The second kappa shape index (κ2) is 23.0. The number of hydrogen-bond donors (Lipinski definition) is 0. The predicted molar refractivity (Wildman–Crippen MR) is 148 cm³/mol. The highest BCUT2D eigenvalue weighted by Gasteiger charge is 2.19. The summed E-state index contributed by atoms with van der Waals surface area (Å²) in [5.41, 5.74) is 0. The summed E-state index contributed by atoms with van der Waals surface area (Å²) in [7, 11) is -2.42. The second-order valence-corrected chi connectivity index (χ2v) is 10.6. The Morgan fingerprint density at radius 3 is 1.97 bits per heavy atom. The molecule has 0 aliphatic heterocycles. The maximum Gasteiger partial charge on any atom is 0.395 e. The van der Waals surface area contributed by atoms with Gasteiger partial charge in [0.25, 0.3) is 0 Å². The molecule has 0 saturated carbocycles. The Kier molecular flexibility index (Phi) is 20.9. The van der Waals surface area contributed by atoms with E-state index in [1.165, 1.54) is 90.4 Å². The molecule has 0 spiro atoms. The van der Waals surface area contributed by atoms with Crippen LogP contribution in [0.1, 0.15) is 110 Å². The highest BCUT2D eigenvalue weighted by atomic mass is 35.5. The van der Waals surface area contributed by atoms with E-state index in [-0.39, 0.29) is 12.4 Å². The minimum absolute atomic E-state index is 0.250. The number of benzene rings is 1. The number of esters is 1. The number of unbranched alkanes of at least 4 members (excludes halogenated alkanes) is 13. The Balaban J connectivity index is 1.90. The summed E-state index contributed by atoms with van der Waals surface area (Å²) in [6.07, 6.45) is 19.4. The Morgan fingerprint density at radius 2 is 1.39 bits per heavy atom. The molecule has 1 rings (SSSR count). The number of nitrogens with zero attached hydrogens (tertiary/aromatic N) is 1. The first-order valence-corrected chi connectivity index (χ1v) is 15.4. The van der Waals surface area contributed by atoms with Crippen molar-refractivity contribution in [2.45, 2.75) is 116 Å². The molecule has 206 valence electrons. The van der Waals surface area contributed by atoms with Crippen molar-refractivity contribution in [3.8, 4) is 5.75 Å².